The summed E-state index contributed by atoms with van der Waals surface area (Å²) in [5.41, 5.74) is 0.957. The second-order valence-electron chi connectivity index (χ2n) is 3.64. The third-order valence-corrected chi connectivity index (χ3v) is 2.32. The fraction of sp³-hybridized carbons (Fsp3) is 0.500. The molecule has 0 unspecified atom stereocenters. The average molecular weight is 222 g/mol. The Morgan fingerprint density at radius 2 is 2.06 bits per heavy atom. The topological polar surface area (TPSA) is 53.4 Å². The third kappa shape index (κ3) is 3.98. The Morgan fingerprint density at radius 1 is 1.38 bits per heavy atom. The van der Waals surface area contributed by atoms with E-state index < -0.39 is 0 Å². The first-order valence-electron chi connectivity index (χ1n) is 5.55. The van der Waals surface area contributed by atoms with E-state index in [0.717, 1.165) is 12.0 Å². The van der Waals surface area contributed by atoms with Crippen LogP contribution >= 0.6 is 0 Å². The number of hydrogen-bond donors (Lipinski definition) is 1. The predicted octanol–water partition coefficient (Wildman–Crippen LogP) is 0.855. The van der Waals surface area contributed by atoms with Crippen molar-refractivity contribution in [3.05, 3.63) is 30.1 Å². The van der Waals surface area contributed by atoms with Crippen LogP contribution in [0.4, 0.5) is 0 Å². The maximum Gasteiger partial charge on any atom is 0.227 e. The number of amides is 1. The average Bonchev–Trinajstić information content (AvgIpc) is 2.30. The van der Waals surface area contributed by atoms with E-state index in [-0.39, 0.29) is 12.5 Å². The number of pyridine rings is 1. The molecule has 0 saturated heterocycles. The molecule has 0 radical (unpaired) electrons. The molecule has 1 aromatic heterocycles. The Kier molecular flexibility index (Phi) is 5.50. The molecule has 0 bridgehead atoms. The fourth-order valence-electron chi connectivity index (χ4n) is 1.54. The molecule has 0 atom stereocenters. The predicted molar refractivity (Wildman–Crippen MR) is 61.9 cm³/mol. The minimum Gasteiger partial charge on any atom is -0.395 e. The van der Waals surface area contributed by atoms with E-state index in [1.807, 2.05) is 19.1 Å². The Bertz CT molecular complexity index is 308. The Hall–Kier alpha value is -1.42. The van der Waals surface area contributed by atoms with Gasteiger partial charge in [0.05, 0.1) is 13.0 Å². The van der Waals surface area contributed by atoms with Crippen LogP contribution in [0, 0.1) is 0 Å². The summed E-state index contributed by atoms with van der Waals surface area (Å²) in [6.07, 6.45) is 4.64. The van der Waals surface area contributed by atoms with E-state index in [2.05, 4.69) is 4.98 Å². The van der Waals surface area contributed by atoms with Gasteiger partial charge in [-0.2, -0.15) is 0 Å². The van der Waals surface area contributed by atoms with Crippen molar-refractivity contribution < 1.29 is 9.90 Å². The van der Waals surface area contributed by atoms with Gasteiger partial charge in [-0.15, -0.1) is 0 Å². The van der Waals surface area contributed by atoms with Gasteiger partial charge in [0.25, 0.3) is 0 Å². The highest BCUT2D eigenvalue weighted by Crippen LogP contribution is 2.02. The van der Waals surface area contributed by atoms with Gasteiger partial charge >= 0.3 is 0 Å². The van der Waals surface area contributed by atoms with Crippen LogP contribution in [-0.2, 0) is 11.2 Å². The molecule has 88 valence electrons. The minimum absolute atomic E-state index is 0.0160. The molecule has 1 heterocycles. The molecule has 0 fully saturated rings. The molecule has 1 N–H and O–H groups in total. The summed E-state index contributed by atoms with van der Waals surface area (Å²) in [6, 6.07) is 3.67. The normalized spacial score (nSPS) is 10.1. The largest absolute Gasteiger partial charge is 0.395 e. The number of aliphatic hydroxyl groups is 1. The van der Waals surface area contributed by atoms with Crippen molar-refractivity contribution in [1.82, 2.24) is 9.88 Å². The zero-order chi connectivity index (χ0) is 11.8. The zero-order valence-corrected chi connectivity index (χ0v) is 9.59. The van der Waals surface area contributed by atoms with Gasteiger partial charge in [-0.1, -0.05) is 6.92 Å². The monoisotopic (exact) mass is 222 g/mol. The number of aliphatic hydroxyl groups excluding tert-OH is 1. The summed E-state index contributed by atoms with van der Waals surface area (Å²) in [5.74, 6) is 0.0575. The quantitative estimate of drug-likeness (QED) is 0.776. The molecule has 1 aromatic rings. The second kappa shape index (κ2) is 6.95. The number of rotatable bonds is 6. The van der Waals surface area contributed by atoms with E-state index in [4.69, 9.17) is 5.11 Å². The lowest BCUT2D eigenvalue weighted by Crippen LogP contribution is -2.35. The lowest BCUT2D eigenvalue weighted by Gasteiger charge is -2.20. The SMILES string of the molecule is CCCN(CCO)C(=O)Cc1ccncc1. The molecule has 0 aromatic carbocycles. The summed E-state index contributed by atoms with van der Waals surface area (Å²) in [6.45, 7) is 3.15. The van der Waals surface area contributed by atoms with Crippen LogP contribution in [0.1, 0.15) is 18.9 Å². The minimum atomic E-state index is 0.0160. The lowest BCUT2D eigenvalue weighted by molar-refractivity contribution is -0.131. The number of nitrogens with zero attached hydrogens (tertiary/aromatic N) is 2. The molecule has 16 heavy (non-hydrogen) atoms. The molecule has 0 spiro atoms. The molecular formula is C12H18N2O2. The molecule has 0 saturated carbocycles. The first-order valence-corrected chi connectivity index (χ1v) is 5.55. The summed E-state index contributed by atoms with van der Waals surface area (Å²) in [4.78, 5) is 17.5. The van der Waals surface area contributed by atoms with Crippen LogP contribution in [0.15, 0.2) is 24.5 Å². The van der Waals surface area contributed by atoms with Crippen molar-refractivity contribution in [3.8, 4) is 0 Å². The van der Waals surface area contributed by atoms with E-state index in [9.17, 15) is 4.79 Å². The molecule has 0 aliphatic heterocycles. The van der Waals surface area contributed by atoms with Crippen LogP contribution < -0.4 is 0 Å². The molecular weight excluding hydrogens is 204 g/mol. The van der Waals surface area contributed by atoms with Crippen molar-refractivity contribution in [2.75, 3.05) is 19.7 Å². The molecule has 0 aliphatic rings. The van der Waals surface area contributed by atoms with Gasteiger partial charge in [0, 0.05) is 25.5 Å². The summed E-state index contributed by atoms with van der Waals surface area (Å²) < 4.78 is 0. The van der Waals surface area contributed by atoms with Crippen LogP contribution in [0.5, 0.6) is 0 Å². The summed E-state index contributed by atoms with van der Waals surface area (Å²) >= 11 is 0. The molecule has 0 aliphatic carbocycles. The Balaban J connectivity index is 2.55. The maximum absolute atomic E-state index is 11.9. The number of carbonyl (C=O) groups excluding carboxylic acids is 1. The molecule has 1 amide bonds. The summed E-state index contributed by atoms with van der Waals surface area (Å²) in [5, 5.41) is 8.87. The highest BCUT2D eigenvalue weighted by Gasteiger charge is 2.12. The number of aromatic nitrogens is 1. The van der Waals surface area contributed by atoms with Gasteiger partial charge in [0.15, 0.2) is 0 Å². The van der Waals surface area contributed by atoms with Crippen molar-refractivity contribution in [2.24, 2.45) is 0 Å². The van der Waals surface area contributed by atoms with Gasteiger partial charge in [-0.05, 0) is 24.1 Å². The highest BCUT2D eigenvalue weighted by molar-refractivity contribution is 5.78. The van der Waals surface area contributed by atoms with Crippen LogP contribution in [0.3, 0.4) is 0 Å². The molecule has 1 rings (SSSR count). The van der Waals surface area contributed by atoms with Gasteiger partial charge in [-0.25, -0.2) is 0 Å². The van der Waals surface area contributed by atoms with Crippen molar-refractivity contribution in [3.63, 3.8) is 0 Å². The van der Waals surface area contributed by atoms with Crippen molar-refractivity contribution >= 4 is 5.91 Å². The van der Waals surface area contributed by atoms with Gasteiger partial charge < -0.3 is 10.0 Å². The van der Waals surface area contributed by atoms with Crippen molar-refractivity contribution in [1.29, 1.82) is 0 Å². The first kappa shape index (κ1) is 12.6. The smallest absolute Gasteiger partial charge is 0.227 e. The van der Waals surface area contributed by atoms with Crippen LogP contribution in [0.25, 0.3) is 0 Å². The molecule has 4 heteroatoms. The lowest BCUT2D eigenvalue weighted by atomic mass is 10.2. The Labute approximate surface area is 95.9 Å². The van der Waals surface area contributed by atoms with E-state index in [0.29, 0.717) is 19.5 Å². The van der Waals surface area contributed by atoms with E-state index in [1.165, 1.54) is 0 Å². The van der Waals surface area contributed by atoms with Crippen LogP contribution in [-0.4, -0.2) is 40.6 Å². The van der Waals surface area contributed by atoms with E-state index >= 15 is 0 Å². The third-order valence-electron chi connectivity index (χ3n) is 2.32. The van der Waals surface area contributed by atoms with Crippen LogP contribution in [0.2, 0.25) is 0 Å². The maximum atomic E-state index is 11.9. The van der Waals surface area contributed by atoms with Gasteiger partial charge in [-0.3, -0.25) is 9.78 Å². The van der Waals surface area contributed by atoms with Crippen molar-refractivity contribution in [2.45, 2.75) is 19.8 Å². The number of hydrogen-bond acceptors (Lipinski definition) is 3. The van der Waals surface area contributed by atoms with Gasteiger partial charge in [0.2, 0.25) is 5.91 Å². The standard InChI is InChI=1S/C12H18N2O2/c1-2-7-14(8-9-15)12(16)10-11-3-5-13-6-4-11/h3-6,15H,2,7-10H2,1H3. The first-order chi connectivity index (χ1) is 7.77. The molecule has 4 nitrogen and oxygen atoms in total. The van der Waals surface area contributed by atoms with E-state index in [1.54, 1.807) is 17.3 Å². The Morgan fingerprint density at radius 3 is 2.62 bits per heavy atom. The number of carbonyl (C=O) groups is 1. The summed E-state index contributed by atoms with van der Waals surface area (Å²) in [7, 11) is 0. The van der Waals surface area contributed by atoms with Gasteiger partial charge in [0.1, 0.15) is 0 Å². The zero-order valence-electron chi connectivity index (χ0n) is 9.59. The highest BCUT2D eigenvalue weighted by atomic mass is 16.3. The second-order valence-corrected chi connectivity index (χ2v) is 3.64. The fourth-order valence-corrected chi connectivity index (χ4v) is 1.54.